The number of rotatable bonds is 4. The molecular formula is C14H11BrClF2N. The molecule has 0 amide bonds. The molecule has 0 fully saturated rings. The van der Waals surface area contributed by atoms with Gasteiger partial charge in [0.15, 0.2) is 0 Å². The van der Waals surface area contributed by atoms with E-state index in [1.54, 1.807) is 18.2 Å². The summed E-state index contributed by atoms with van der Waals surface area (Å²) >= 11 is 9.26. The van der Waals surface area contributed by atoms with E-state index in [-0.39, 0.29) is 18.2 Å². The van der Waals surface area contributed by atoms with Crippen LogP contribution in [-0.4, -0.2) is 0 Å². The minimum atomic E-state index is -0.349. The first-order valence-electron chi connectivity index (χ1n) is 5.65. The fraction of sp³-hybridized carbons (Fsp3) is 0.143. The van der Waals surface area contributed by atoms with Gasteiger partial charge in [-0.25, -0.2) is 8.78 Å². The smallest absolute Gasteiger partial charge is 0.129 e. The lowest BCUT2D eigenvalue weighted by molar-refractivity contribution is 0.585. The zero-order chi connectivity index (χ0) is 13.8. The summed E-state index contributed by atoms with van der Waals surface area (Å²) in [5.74, 6) is -0.651. The average molecular weight is 347 g/mol. The second-order valence-corrected chi connectivity index (χ2v) is 5.30. The highest BCUT2D eigenvalue weighted by molar-refractivity contribution is 9.10. The lowest BCUT2D eigenvalue weighted by Gasteiger charge is -2.09. The van der Waals surface area contributed by atoms with Crippen LogP contribution >= 0.6 is 27.5 Å². The van der Waals surface area contributed by atoms with Crippen molar-refractivity contribution in [1.82, 2.24) is 5.32 Å². The fourth-order valence-corrected chi connectivity index (χ4v) is 2.32. The van der Waals surface area contributed by atoms with E-state index in [9.17, 15) is 8.78 Å². The van der Waals surface area contributed by atoms with Crippen LogP contribution in [0.5, 0.6) is 0 Å². The third kappa shape index (κ3) is 3.75. The van der Waals surface area contributed by atoms with Crippen molar-refractivity contribution in [3.63, 3.8) is 0 Å². The van der Waals surface area contributed by atoms with E-state index in [1.165, 1.54) is 18.2 Å². The van der Waals surface area contributed by atoms with Gasteiger partial charge in [-0.1, -0.05) is 33.6 Å². The Balaban J connectivity index is 2.02. The van der Waals surface area contributed by atoms with Crippen molar-refractivity contribution < 1.29 is 8.78 Å². The summed E-state index contributed by atoms with van der Waals surface area (Å²) in [6, 6.07) is 9.01. The predicted molar refractivity (Wildman–Crippen MR) is 76.1 cm³/mol. The van der Waals surface area contributed by atoms with Crippen LogP contribution in [0.3, 0.4) is 0 Å². The van der Waals surface area contributed by atoms with Gasteiger partial charge < -0.3 is 5.32 Å². The maximum Gasteiger partial charge on any atom is 0.129 e. The quantitative estimate of drug-likeness (QED) is 0.848. The molecule has 1 nitrogen and oxygen atoms in total. The maximum atomic E-state index is 13.5. The summed E-state index contributed by atoms with van der Waals surface area (Å²) < 4.78 is 27.4. The second kappa shape index (κ2) is 6.46. The molecule has 0 aromatic heterocycles. The number of hydrogen-bond donors (Lipinski definition) is 1. The molecule has 0 saturated heterocycles. The molecule has 0 aliphatic carbocycles. The van der Waals surface area contributed by atoms with Gasteiger partial charge in [-0.3, -0.25) is 0 Å². The van der Waals surface area contributed by atoms with Crippen molar-refractivity contribution in [3.05, 3.63) is 68.7 Å². The fourth-order valence-electron chi connectivity index (χ4n) is 1.70. The molecule has 2 aromatic rings. The van der Waals surface area contributed by atoms with Gasteiger partial charge in [-0.2, -0.15) is 0 Å². The summed E-state index contributed by atoms with van der Waals surface area (Å²) in [6.45, 7) is 0.706. The van der Waals surface area contributed by atoms with Crippen molar-refractivity contribution in [2.24, 2.45) is 0 Å². The Labute approximate surface area is 123 Å². The third-order valence-corrected chi connectivity index (χ3v) is 3.81. The van der Waals surface area contributed by atoms with Crippen molar-refractivity contribution in [3.8, 4) is 0 Å². The van der Waals surface area contributed by atoms with Crippen LogP contribution < -0.4 is 5.32 Å². The topological polar surface area (TPSA) is 12.0 Å². The van der Waals surface area contributed by atoms with Gasteiger partial charge in [-0.15, -0.1) is 0 Å². The predicted octanol–water partition coefficient (Wildman–Crippen LogP) is 4.67. The van der Waals surface area contributed by atoms with Gasteiger partial charge in [0, 0.05) is 28.1 Å². The first kappa shape index (κ1) is 14.4. The highest BCUT2D eigenvalue weighted by Crippen LogP contribution is 2.20. The van der Waals surface area contributed by atoms with Gasteiger partial charge >= 0.3 is 0 Å². The van der Waals surface area contributed by atoms with E-state index < -0.39 is 0 Å². The molecule has 0 aliphatic heterocycles. The number of hydrogen-bond acceptors (Lipinski definition) is 1. The molecule has 0 heterocycles. The normalized spacial score (nSPS) is 10.7. The van der Waals surface area contributed by atoms with Gasteiger partial charge in [0.2, 0.25) is 0 Å². The van der Waals surface area contributed by atoms with Crippen LogP contribution in [0.1, 0.15) is 11.1 Å². The molecule has 5 heteroatoms. The van der Waals surface area contributed by atoms with E-state index in [2.05, 4.69) is 21.2 Å². The van der Waals surface area contributed by atoms with Crippen molar-refractivity contribution >= 4 is 27.5 Å². The monoisotopic (exact) mass is 345 g/mol. The third-order valence-electron chi connectivity index (χ3n) is 2.69. The molecule has 100 valence electrons. The maximum absolute atomic E-state index is 13.5. The van der Waals surface area contributed by atoms with E-state index in [4.69, 9.17) is 11.6 Å². The molecule has 2 rings (SSSR count). The lowest BCUT2D eigenvalue weighted by atomic mass is 10.2. The SMILES string of the molecule is Fc1ccc(Br)c(CNCc2c(F)cccc2Cl)c1. The molecular weight excluding hydrogens is 336 g/mol. The highest BCUT2D eigenvalue weighted by atomic mass is 79.9. The number of halogens is 4. The van der Waals surface area contributed by atoms with Crippen LogP contribution in [0.25, 0.3) is 0 Å². The zero-order valence-corrected chi connectivity index (χ0v) is 12.2. The summed E-state index contributed by atoms with van der Waals surface area (Å²) in [5.41, 5.74) is 1.18. The van der Waals surface area contributed by atoms with E-state index >= 15 is 0 Å². The largest absolute Gasteiger partial charge is 0.308 e. The van der Waals surface area contributed by atoms with E-state index in [1.807, 2.05) is 0 Å². The first-order chi connectivity index (χ1) is 9.08. The van der Waals surface area contributed by atoms with Crippen molar-refractivity contribution in [1.29, 1.82) is 0 Å². The molecule has 0 saturated carbocycles. The Morgan fingerprint density at radius 1 is 1.11 bits per heavy atom. The molecule has 0 unspecified atom stereocenters. The van der Waals surface area contributed by atoms with Crippen LogP contribution in [-0.2, 0) is 13.1 Å². The minimum absolute atomic E-state index is 0.286. The second-order valence-electron chi connectivity index (χ2n) is 4.04. The minimum Gasteiger partial charge on any atom is -0.308 e. The Kier molecular flexibility index (Phi) is 4.91. The molecule has 1 N–H and O–H groups in total. The molecule has 0 bridgehead atoms. The molecule has 0 atom stereocenters. The van der Waals surface area contributed by atoms with Crippen LogP contribution in [0.4, 0.5) is 8.78 Å². The van der Waals surface area contributed by atoms with Crippen LogP contribution in [0, 0.1) is 11.6 Å². The number of benzene rings is 2. The standard InChI is InChI=1S/C14H11BrClF2N/c15-12-5-4-10(17)6-9(12)7-19-8-11-13(16)2-1-3-14(11)18/h1-6,19H,7-8H2. The van der Waals surface area contributed by atoms with Crippen LogP contribution in [0.2, 0.25) is 5.02 Å². The zero-order valence-electron chi connectivity index (χ0n) is 9.89. The highest BCUT2D eigenvalue weighted by Gasteiger charge is 2.07. The molecule has 0 spiro atoms. The summed E-state index contributed by atoms with van der Waals surface area (Å²) in [7, 11) is 0. The van der Waals surface area contributed by atoms with E-state index in [0.717, 1.165) is 10.0 Å². The Hall–Kier alpha value is -0.970. The summed E-state index contributed by atoms with van der Waals surface area (Å²) in [4.78, 5) is 0. The van der Waals surface area contributed by atoms with Gasteiger partial charge in [0.1, 0.15) is 11.6 Å². The Morgan fingerprint density at radius 2 is 1.89 bits per heavy atom. The Morgan fingerprint density at radius 3 is 2.63 bits per heavy atom. The van der Waals surface area contributed by atoms with Crippen molar-refractivity contribution in [2.75, 3.05) is 0 Å². The van der Waals surface area contributed by atoms with Gasteiger partial charge in [-0.05, 0) is 35.9 Å². The summed E-state index contributed by atoms with van der Waals surface area (Å²) in [6.07, 6.45) is 0. The average Bonchev–Trinajstić information content (AvgIpc) is 2.37. The lowest BCUT2D eigenvalue weighted by Crippen LogP contribution is -2.14. The Bertz CT molecular complexity index is 569. The number of nitrogens with one attached hydrogen (secondary N) is 1. The first-order valence-corrected chi connectivity index (χ1v) is 6.82. The molecule has 19 heavy (non-hydrogen) atoms. The molecule has 2 aromatic carbocycles. The van der Waals surface area contributed by atoms with Gasteiger partial charge in [0.25, 0.3) is 0 Å². The van der Waals surface area contributed by atoms with Crippen LogP contribution in [0.15, 0.2) is 40.9 Å². The van der Waals surface area contributed by atoms with E-state index in [0.29, 0.717) is 17.1 Å². The molecule has 0 radical (unpaired) electrons. The van der Waals surface area contributed by atoms with Gasteiger partial charge in [0.05, 0.1) is 0 Å². The summed E-state index contributed by atoms with van der Waals surface area (Å²) in [5, 5.41) is 3.43. The van der Waals surface area contributed by atoms with Crippen molar-refractivity contribution in [2.45, 2.75) is 13.1 Å². The molecule has 0 aliphatic rings.